The molecule has 0 heterocycles. The maximum absolute atomic E-state index is 12.3. The molecule has 6 heteroatoms. The lowest BCUT2D eigenvalue weighted by molar-refractivity contribution is -0.114. The first-order valence-corrected chi connectivity index (χ1v) is 10.8. The Bertz CT molecular complexity index is 1000. The van der Waals surface area contributed by atoms with Crippen LogP contribution in [-0.4, -0.2) is 31.5 Å². The predicted octanol–water partition coefficient (Wildman–Crippen LogP) is 4.50. The molecular formula is C26H29N3O3. The van der Waals surface area contributed by atoms with Crippen LogP contribution in [0.5, 0.6) is 5.75 Å². The molecule has 0 aliphatic rings. The molecule has 0 saturated heterocycles. The van der Waals surface area contributed by atoms with Gasteiger partial charge in [0.15, 0.2) is 0 Å². The molecule has 3 N–H and O–H groups in total. The summed E-state index contributed by atoms with van der Waals surface area (Å²) in [6.45, 7) is 3.32. The zero-order chi connectivity index (χ0) is 22.6. The summed E-state index contributed by atoms with van der Waals surface area (Å²) in [6.07, 6.45) is 1.72. The predicted molar refractivity (Wildman–Crippen MR) is 128 cm³/mol. The van der Waals surface area contributed by atoms with Crippen molar-refractivity contribution in [2.45, 2.75) is 19.8 Å². The monoisotopic (exact) mass is 431 g/mol. The van der Waals surface area contributed by atoms with E-state index >= 15 is 0 Å². The Morgan fingerprint density at radius 3 is 2.41 bits per heavy atom. The first kappa shape index (κ1) is 22.9. The van der Waals surface area contributed by atoms with Gasteiger partial charge in [0.1, 0.15) is 5.75 Å². The van der Waals surface area contributed by atoms with Crippen LogP contribution >= 0.6 is 0 Å². The van der Waals surface area contributed by atoms with Gasteiger partial charge in [-0.1, -0.05) is 43.3 Å². The maximum Gasteiger partial charge on any atom is 0.251 e. The molecule has 0 atom stereocenters. The van der Waals surface area contributed by atoms with E-state index in [9.17, 15) is 9.59 Å². The number of hydrogen-bond donors (Lipinski definition) is 3. The fourth-order valence-corrected chi connectivity index (χ4v) is 3.06. The summed E-state index contributed by atoms with van der Waals surface area (Å²) in [7, 11) is 0. The van der Waals surface area contributed by atoms with Gasteiger partial charge in [-0.3, -0.25) is 9.59 Å². The van der Waals surface area contributed by atoms with Gasteiger partial charge in [-0.25, -0.2) is 0 Å². The highest BCUT2D eigenvalue weighted by atomic mass is 16.5. The maximum atomic E-state index is 12.3. The van der Waals surface area contributed by atoms with Crippen LogP contribution < -0.4 is 20.7 Å². The molecule has 0 aliphatic carbocycles. The van der Waals surface area contributed by atoms with E-state index in [1.165, 1.54) is 5.56 Å². The Hall–Kier alpha value is -3.80. The molecule has 0 unspecified atom stereocenters. The summed E-state index contributed by atoms with van der Waals surface area (Å²) in [6, 6.07) is 24.6. The normalized spacial score (nSPS) is 10.3. The molecule has 0 aliphatic heterocycles. The van der Waals surface area contributed by atoms with Crippen LogP contribution in [0.25, 0.3) is 0 Å². The van der Waals surface area contributed by atoms with Crippen LogP contribution in [0.4, 0.5) is 11.4 Å². The van der Waals surface area contributed by atoms with Crippen molar-refractivity contribution in [1.82, 2.24) is 5.32 Å². The second kappa shape index (κ2) is 12.2. The summed E-state index contributed by atoms with van der Waals surface area (Å²) in [5.41, 5.74) is 3.20. The summed E-state index contributed by atoms with van der Waals surface area (Å²) in [4.78, 5) is 24.3. The van der Waals surface area contributed by atoms with Crippen LogP contribution in [0.2, 0.25) is 0 Å². The molecule has 0 bridgehead atoms. The highest BCUT2D eigenvalue weighted by Gasteiger charge is 2.07. The van der Waals surface area contributed by atoms with Crippen molar-refractivity contribution in [3.8, 4) is 5.75 Å². The van der Waals surface area contributed by atoms with Gasteiger partial charge in [0.05, 0.1) is 13.2 Å². The first-order valence-electron chi connectivity index (χ1n) is 10.8. The van der Waals surface area contributed by atoms with Crippen molar-refractivity contribution in [1.29, 1.82) is 0 Å². The topological polar surface area (TPSA) is 79.5 Å². The van der Waals surface area contributed by atoms with Crippen molar-refractivity contribution in [2.24, 2.45) is 0 Å². The SMILES string of the molecule is CCCNC(=O)c1cccc(NCC(=O)Nc2ccc(OCCc3ccccc3)cc2)c1. The lowest BCUT2D eigenvalue weighted by Crippen LogP contribution is -2.24. The Balaban J connectivity index is 1.42. The van der Waals surface area contributed by atoms with Gasteiger partial charge in [0, 0.05) is 29.9 Å². The third-order valence-electron chi connectivity index (χ3n) is 4.75. The lowest BCUT2D eigenvalue weighted by Gasteiger charge is -2.10. The third kappa shape index (κ3) is 7.47. The number of amides is 2. The largest absolute Gasteiger partial charge is 0.493 e. The van der Waals surface area contributed by atoms with Gasteiger partial charge >= 0.3 is 0 Å². The van der Waals surface area contributed by atoms with E-state index in [0.29, 0.717) is 30.1 Å². The van der Waals surface area contributed by atoms with E-state index < -0.39 is 0 Å². The van der Waals surface area contributed by atoms with Crippen molar-refractivity contribution < 1.29 is 14.3 Å². The van der Waals surface area contributed by atoms with Crippen molar-refractivity contribution >= 4 is 23.2 Å². The molecule has 3 aromatic rings. The van der Waals surface area contributed by atoms with Gasteiger partial charge in [0.2, 0.25) is 5.91 Å². The first-order chi connectivity index (χ1) is 15.6. The fourth-order valence-electron chi connectivity index (χ4n) is 3.06. The molecule has 32 heavy (non-hydrogen) atoms. The van der Waals surface area contributed by atoms with Gasteiger partial charge in [-0.15, -0.1) is 0 Å². The zero-order valence-electron chi connectivity index (χ0n) is 18.3. The Morgan fingerprint density at radius 2 is 1.66 bits per heavy atom. The molecule has 2 amide bonds. The lowest BCUT2D eigenvalue weighted by atomic mass is 10.2. The van der Waals surface area contributed by atoms with E-state index in [4.69, 9.17) is 4.74 Å². The average molecular weight is 432 g/mol. The number of hydrogen-bond acceptors (Lipinski definition) is 4. The quantitative estimate of drug-likeness (QED) is 0.418. The molecule has 166 valence electrons. The van der Waals surface area contributed by atoms with Gasteiger partial charge < -0.3 is 20.7 Å². The average Bonchev–Trinajstić information content (AvgIpc) is 2.83. The summed E-state index contributed by atoms with van der Waals surface area (Å²) < 4.78 is 5.77. The van der Waals surface area contributed by atoms with E-state index in [2.05, 4.69) is 28.1 Å². The van der Waals surface area contributed by atoms with Crippen molar-refractivity contribution in [3.05, 3.63) is 90.0 Å². The number of carbonyl (C=O) groups is 2. The highest BCUT2D eigenvalue weighted by molar-refractivity contribution is 5.96. The Labute approximate surface area is 189 Å². The minimum absolute atomic E-state index is 0.0926. The summed E-state index contributed by atoms with van der Waals surface area (Å²) in [5.74, 6) is 0.463. The summed E-state index contributed by atoms with van der Waals surface area (Å²) >= 11 is 0. The summed E-state index contributed by atoms with van der Waals surface area (Å²) in [5, 5.41) is 8.75. The van der Waals surface area contributed by atoms with Gasteiger partial charge in [0.25, 0.3) is 5.91 Å². The van der Waals surface area contributed by atoms with Crippen LogP contribution in [0.15, 0.2) is 78.9 Å². The molecule has 3 rings (SSSR count). The molecule has 0 radical (unpaired) electrons. The number of nitrogens with one attached hydrogen (secondary N) is 3. The molecule has 0 spiro atoms. The van der Waals surface area contributed by atoms with Crippen LogP contribution in [0.1, 0.15) is 29.3 Å². The van der Waals surface area contributed by atoms with E-state index in [1.54, 1.807) is 18.2 Å². The molecule has 0 aromatic heterocycles. The highest BCUT2D eigenvalue weighted by Crippen LogP contribution is 2.16. The smallest absolute Gasteiger partial charge is 0.251 e. The van der Waals surface area contributed by atoms with E-state index in [-0.39, 0.29) is 18.4 Å². The number of anilines is 2. The number of benzene rings is 3. The molecular weight excluding hydrogens is 402 g/mol. The van der Waals surface area contributed by atoms with Gasteiger partial charge in [-0.05, 0) is 54.4 Å². The van der Waals surface area contributed by atoms with Crippen LogP contribution in [-0.2, 0) is 11.2 Å². The molecule has 0 fully saturated rings. The standard InChI is InChI=1S/C26H29N3O3/c1-2-16-27-26(31)21-9-6-10-23(18-21)28-19-25(30)29-22-11-13-24(14-12-22)32-17-15-20-7-4-3-5-8-20/h3-14,18,28H,2,15-17,19H2,1H3,(H,27,31)(H,29,30). The number of ether oxygens (including phenoxy) is 1. The number of carbonyl (C=O) groups excluding carboxylic acids is 2. The van der Waals surface area contributed by atoms with E-state index in [1.807, 2.05) is 55.5 Å². The number of rotatable bonds is 11. The molecule has 6 nitrogen and oxygen atoms in total. The fraction of sp³-hybridized carbons (Fsp3) is 0.231. The Morgan fingerprint density at radius 1 is 0.875 bits per heavy atom. The van der Waals surface area contributed by atoms with Crippen molar-refractivity contribution in [3.63, 3.8) is 0 Å². The Kier molecular flexibility index (Phi) is 8.69. The van der Waals surface area contributed by atoms with Crippen LogP contribution in [0.3, 0.4) is 0 Å². The second-order valence-electron chi connectivity index (χ2n) is 7.35. The zero-order valence-corrected chi connectivity index (χ0v) is 18.3. The van der Waals surface area contributed by atoms with Crippen LogP contribution in [0, 0.1) is 0 Å². The minimum Gasteiger partial charge on any atom is -0.493 e. The second-order valence-corrected chi connectivity index (χ2v) is 7.35. The van der Waals surface area contributed by atoms with E-state index in [0.717, 1.165) is 18.6 Å². The van der Waals surface area contributed by atoms with Gasteiger partial charge in [-0.2, -0.15) is 0 Å². The van der Waals surface area contributed by atoms with Crippen molar-refractivity contribution in [2.75, 3.05) is 30.3 Å². The minimum atomic E-state index is -0.177. The molecule has 0 saturated carbocycles. The molecule has 3 aromatic carbocycles. The third-order valence-corrected chi connectivity index (χ3v) is 4.75.